The number of benzene rings is 1. The zero-order valence-electron chi connectivity index (χ0n) is 15.1. The summed E-state index contributed by atoms with van der Waals surface area (Å²) in [4.78, 5) is 32.5. The van der Waals surface area contributed by atoms with Crippen LogP contribution in [0.3, 0.4) is 0 Å². The van der Waals surface area contributed by atoms with Gasteiger partial charge in [-0.1, -0.05) is 12.1 Å². The minimum Gasteiger partial charge on any atom is -0.331 e. The molecule has 6 heteroatoms. The molecule has 0 saturated heterocycles. The van der Waals surface area contributed by atoms with Gasteiger partial charge in [0.25, 0.3) is 5.91 Å². The van der Waals surface area contributed by atoms with Crippen LogP contribution in [0.15, 0.2) is 24.4 Å². The summed E-state index contributed by atoms with van der Waals surface area (Å²) in [7, 11) is 0. The van der Waals surface area contributed by atoms with Gasteiger partial charge in [-0.05, 0) is 56.7 Å². The number of aryl methyl sites for hydroxylation is 2. The third-order valence-electron chi connectivity index (χ3n) is 5.59. The summed E-state index contributed by atoms with van der Waals surface area (Å²) in [6, 6.07) is 6.19. The fourth-order valence-corrected chi connectivity index (χ4v) is 4.74. The Hall–Kier alpha value is -2.21. The molecule has 0 spiro atoms. The van der Waals surface area contributed by atoms with Gasteiger partial charge >= 0.3 is 0 Å². The summed E-state index contributed by atoms with van der Waals surface area (Å²) in [5, 5.41) is 3.61. The maximum Gasteiger partial charge on any atom is 0.254 e. The summed E-state index contributed by atoms with van der Waals surface area (Å²) < 4.78 is 0. The number of nitrogens with zero attached hydrogens (tertiary/aromatic N) is 2. The number of anilines is 1. The van der Waals surface area contributed by atoms with E-state index in [4.69, 9.17) is 0 Å². The van der Waals surface area contributed by atoms with E-state index in [1.165, 1.54) is 16.9 Å². The van der Waals surface area contributed by atoms with Crippen LogP contribution in [0, 0.1) is 19.8 Å². The van der Waals surface area contributed by atoms with Crippen molar-refractivity contribution in [3.63, 3.8) is 0 Å². The number of carbonyl (C=O) groups is 2. The molecule has 1 fully saturated rings. The molecule has 2 amide bonds. The van der Waals surface area contributed by atoms with Gasteiger partial charge in [-0.2, -0.15) is 0 Å². The van der Waals surface area contributed by atoms with Crippen LogP contribution < -0.4 is 5.32 Å². The molecule has 2 aliphatic rings. The van der Waals surface area contributed by atoms with Crippen molar-refractivity contribution >= 4 is 28.3 Å². The van der Waals surface area contributed by atoms with Crippen LogP contribution in [0.25, 0.3) is 0 Å². The monoisotopic (exact) mass is 369 g/mol. The van der Waals surface area contributed by atoms with E-state index in [0.717, 1.165) is 41.7 Å². The first kappa shape index (κ1) is 17.2. The van der Waals surface area contributed by atoms with Crippen LogP contribution in [0.4, 0.5) is 5.13 Å². The predicted octanol–water partition coefficient (Wildman–Crippen LogP) is 3.91. The lowest BCUT2D eigenvalue weighted by Crippen LogP contribution is -2.40. The van der Waals surface area contributed by atoms with Gasteiger partial charge in [0.05, 0.1) is 0 Å². The second-order valence-electron chi connectivity index (χ2n) is 7.30. The van der Waals surface area contributed by atoms with Crippen molar-refractivity contribution in [1.82, 2.24) is 9.88 Å². The number of fused-ring (bicyclic) bond motifs is 1. The van der Waals surface area contributed by atoms with E-state index in [1.807, 2.05) is 24.0 Å². The van der Waals surface area contributed by atoms with Crippen LogP contribution >= 0.6 is 11.3 Å². The van der Waals surface area contributed by atoms with Gasteiger partial charge < -0.3 is 10.2 Å². The molecule has 1 aromatic carbocycles. The summed E-state index contributed by atoms with van der Waals surface area (Å²) in [5.74, 6) is 0.219. The summed E-state index contributed by atoms with van der Waals surface area (Å²) in [5.41, 5.74) is 3.20. The first-order valence-corrected chi connectivity index (χ1v) is 9.97. The second kappa shape index (κ2) is 6.83. The van der Waals surface area contributed by atoms with Crippen LogP contribution in [0.2, 0.25) is 0 Å². The summed E-state index contributed by atoms with van der Waals surface area (Å²) in [6.07, 6.45) is 5.18. The topological polar surface area (TPSA) is 62.3 Å². The van der Waals surface area contributed by atoms with Crippen LogP contribution in [0.1, 0.15) is 52.0 Å². The fraction of sp³-hybridized carbons (Fsp3) is 0.450. The number of hydrogen-bond donors (Lipinski definition) is 1. The van der Waals surface area contributed by atoms with Crippen molar-refractivity contribution in [2.75, 3.05) is 5.32 Å². The molecule has 2 aromatic rings. The Kier molecular flexibility index (Phi) is 4.53. The van der Waals surface area contributed by atoms with E-state index in [0.29, 0.717) is 11.7 Å². The number of nitrogens with one attached hydrogen (secondary N) is 1. The molecule has 1 aliphatic carbocycles. The molecule has 1 N–H and O–H groups in total. The standard InChI is InChI=1S/C20H23N3O2S/c1-12-4-3-5-16-17(12)11-23(19(16)25)15-8-6-14(7-9-15)18(24)22-20-21-10-13(2)26-20/h3-5,10,14-15H,6-9,11H2,1-2H3,(H,21,22,24). The minimum atomic E-state index is 0.0114. The van der Waals surface area contributed by atoms with Crippen molar-refractivity contribution in [2.45, 2.75) is 52.1 Å². The predicted molar refractivity (Wildman–Crippen MR) is 102 cm³/mol. The van der Waals surface area contributed by atoms with Crippen molar-refractivity contribution in [1.29, 1.82) is 0 Å². The van der Waals surface area contributed by atoms with E-state index >= 15 is 0 Å². The zero-order chi connectivity index (χ0) is 18.3. The smallest absolute Gasteiger partial charge is 0.254 e. The summed E-state index contributed by atoms with van der Waals surface area (Å²) in [6.45, 7) is 4.75. The molecule has 1 aromatic heterocycles. The largest absolute Gasteiger partial charge is 0.331 e. The molecule has 136 valence electrons. The Balaban J connectivity index is 1.36. The highest BCUT2D eigenvalue weighted by Gasteiger charge is 2.36. The molecule has 0 unspecified atom stereocenters. The summed E-state index contributed by atoms with van der Waals surface area (Å²) >= 11 is 1.50. The van der Waals surface area contributed by atoms with Gasteiger partial charge in [0, 0.05) is 35.1 Å². The van der Waals surface area contributed by atoms with Gasteiger partial charge in [-0.25, -0.2) is 4.98 Å². The van der Waals surface area contributed by atoms with Gasteiger partial charge in [0.2, 0.25) is 5.91 Å². The van der Waals surface area contributed by atoms with Crippen LogP contribution in [0.5, 0.6) is 0 Å². The Labute approximate surface area is 157 Å². The molecule has 1 saturated carbocycles. The highest BCUT2D eigenvalue weighted by Crippen LogP contribution is 2.34. The van der Waals surface area contributed by atoms with Gasteiger partial charge in [-0.3, -0.25) is 9.59 Å². The molecule has 0 radical (unpaired) electrons. The SMILES string of the molecule is Cc1cnc(NC(=O)C2CCC(N3Cc4c(C)cccc4C3=O)CC2)s1. The van der Waals surface area contributed by atoms with Gasteiger partial charge in [-0.15, -0.1) is 11.3 Å². The van der Waals surface area contributed by atoms with Gasteiger partial charge in [0.15, 0.2) is 5.13 Å². The normalized spacial score (nSPS) is 22.4. The maximum absolute atomic E-state index is 12.7. The lowest BCUT2D eigenvalue weighted by molar-refractivity contribution is -0.121. The third kappa shape index (κ3) is 3.14. The van der Waals surface area contributed by atoms with Crippen LogP contribution in [-0.4, -0.2) is 27.7 Å². The molecule has 1 aliphatic heterocycles. The number of rotatable bonds is 3. The average Bonchev–Trinajstić information content (AvgIpc) is 3.19. The quantitative estimate of drug-likeness (QED) is 0.892. The average molecular weight is 369 g/mol. The third-order valence-corrected chi connectivity index (χ3v) is 6.42. The van der Waals surface area contributed by atoms with E-state index in [1.54, 1.807) is 6.20 Å². The molecular formula is C20H23N3O2S. The number of hydrogen-bond acceptors (Lipinski definition) is 4. The number of carbonyl (C=O) groups excluding carboxylic acids is 2. The minimum absolute atomic E-state index is 0.0114. The maximum atomic E-state index is 12.7. The molecule has 0 atom stereocenters. The van der Waals surface area contributed by atoms with Crippen LogP contribution in [-0.2, 0) is 11.3 Å². The fourth-order valence-electron chi connectivity index (χ4n) is 4.07. The molecule has 4 rings (SSSR count). The molecule has 2 heterocycles. The van der Waals surface area contributed by atoms with Crippen molar-refractivity contribution in [3.05, 3.63) is 46.0 Å². The Morgan fingerprint density at radius 1 is 1.23 bits per heavy atom. The zero-order valence-corrected chi connectivity index (χ0v) is 15.9. The van der Waals surface area contributed by atoms with Crippen molar-refractivity contribution in [3.8, 4) is 0 Å². The number of amides is 2. The number of aromatic nitrogens is 1. The van der Waals surface area contributed by atoms with Gasteiger partial charge in [0.1, 0.15) is 0 Å². The lowest BCUT2D eigenvalue weighted by Gasteiger charge is -2.34. The molecule has 0 bridgehead atoms. The Morgan fingerprint density at radius 3 is 2.65 bits per heavy atom. The number of thiazole rings is 1. The Bertz CT molecular complexity index is 852. The lowest BCUT2D eigenvalue weighted by atomic mass is 9.85. The van der Waals surface area contributed by atoms with E-state index in [2.05, 4.69) is 23.3 Å². The highest BCUT2D eigenvalue weighted by atomic mass is 32.1. The first-order valence-electron chi connectivity index (χ1n) is 9.15. The molecule has 26 heavy (non-hydrogen) atoms. The van der Waals surface area contributed by atoms with E-state index in [9.17, 15) is 9.59 Å². The van der Waals surface area contributed by atoms with Crippen molar-refractivity contribution < 1.29 is 9.59 Å². The second-order valence-corrected chi connectivity index (χ2v) is 8.54. The molecular weight excluding hydrogens is 346 g/mol. The van der Waals surface area contributed by atoms with E-state index in [-0.39, 0.29) is 23.8 Å². The first-order chi connectivity index (χ1) is 12.5. The highest BCUT2D eigenvalue weighted by molar-refractivity contribution is 7.15. The van der Waals surface area contributed by atoms with Crippen molar-refractivity contribution in [2.24, 2.45) is 5.92 Å². The van der Waals surface area contributed by atoms with E-state index < -0.39 is 0 Å². The Morgan fingerprint density at radius 2 is 2.00 bits per heavy atom. The molecule has 5 nitrogen and oxygen atoms in total.